The third-order valence-electron chi connectivity index (χ3n) is 1.96. The van der Waals surface area contributed by atoms with Crippen LogP contribution in [0.2, 0.25) is 0 Å². The van der Waals surface area contributed by atoms with E-state index in [4.69, 9.17) is 4.74 Å². The normalized spacial score (nSPS) is 9.93. The zero-order valence-electron chi connectivity index (χ0n) is 8.83. The number of carbonyl (C=O) groups excluding carboxylic acids is 1. The lowest BCUT2D eigenvalue weighted by Crippen LogP contribution is -1.97. The molecule has 14 heavy (non-hydrogen) atoms. The van der Waals surface area contributed by atoms with E-state index in [0.29, 0.717) is 12.3 Å². The van der Waals surface area contributed by atoms with E-state index in [1.165, 1.54) is 0 Å². The second-order valence-corrected chi connectivity index (χ2v) is 3.36. The van der Waals surface area contributed by atoms with Crippen LogP contribution in [-0.4, -0.2) is 17.9 Å². The molecule has 0 unspecified atom stereocenters. The van der Waals surface area contributed by atoms with Crippen LogP contribution in [0.15, 0.2) is 12.1 Å². The summed E-state index contributed by atoms with van der Waals surface area (Å²) in [6.45, 7) is 3.52. The summed E-state index contributed by atoms with van der Waals surface area (Å²) < 4.78 is 5.05. The topological polar surface area (TPSA) is 39.2 Å². The van der Waals surface area contributed by atoms with Crippen molar-refractivity contribution in [2.24, 2.45) is 0 Å². The van der Waals surface area contributed by atoms with Gasteiger partial charge in [-0.1, -0.05) is 0 Å². The largest absolute Gasteiger partial charge is 0.481 e. The number of aromatic nitrogens is 1. The van der Waals surface area contributed by atoms with Crippen molar-refractivity contribution in [2.75, 3.05) is 7.11 Å². The summed E-state index contributed by atoms with van der Waals surface area (Å²) >= 11 is 0. The van der Waals surface area contributed by atoms with Crippen LogP contribution in [0.1, 0.15) is 24.6 Å². The SMILES string of the molecule is COc1cc(CCC(C)=O)cc(C)n1. The number of Topliss-reactive ketones (excluding diaryl/α,β-unsaturated/α-hetero) is 1. The summed E-state index contributed by atoms with van der Waals surface area (Å²) in [5.41, 5.74) is 2.02. The fraction of sp³-hybridized carbons (Fsp3) is 0.455. The van der Waals surface area contributed by atoms with E-state index in [1.54, 1.807) is 14.0 Å². The number of rotatable bonds is 4. The number of nitrogens with zero attached hydrogens (tertiary/aromatic N) is 1. The van der Waals surface area contributed by atoms with Crippen molar-refractivity contribution in [1.29, 1.82) is 0 Å². The zero-order valence-corrected chi connectivity index (χ0v) is 8.83. The van der Waals surface area contributed by atoms with Gasteiger partial charge in [-0.15, -0.1) is 0 Å². The van der Waals surface area contributed by atoms with E-state index in [0.717, 1.165) is 17.7 Å². The maximum atomic E-state index is 10.8. The molecule has 1 aromatic rings. The van der Waals surface area contributed by atoms with Crippen LogP contribution in [0.3, 0.4) is 0 Å². The quantitative estimate of drug-likeness (QED) is 0.733. The minimum Gasteiger partial charge on any atom is -0.481 e. The first-order valence-electron chi connectivity index (χ1n) is 4.63. The van der Waals surface area contributed by atoms with Gasteiger partial charge in [-0.25, -0.2) is 4.98 Å². The van der Waals surface area contributed by atoms with Crippen LogP contribution in [0, 0.1) is 6.92 Å². The molecule has 3 nitrogen and oxygen atoms in total. The Morgan fingerprint density at radius 2 is 2.21 bits per heavy atom. The van der Waals surface area contributed by atoms with Crippen LogP contribution in [0.5, 0.6) is 5.88 Å². The third-order valence-corrected chi connectivity index (χ3v) is 1.96. The molecule has 0 bridgehead atoms. The Hall–Kier alpha value is -1.38. The Bertz CT molecular complexity index is 334. The molecule has 0 aromatic carbocycles. The van der Waals surface area contributed by atoms with Crippen molar-refractivity contribution >= 4 is 5.78 Å². The summed E-state index contributed by atoms with van der Waals surface area (Å²) in [6, 6.07) is 3.85. The van der Waals surface area contributed by atoms with Crippen LogP contribution >= 0.6 is 0 Å². The van der Waals surface area contributed by atoms with Crippen molar-refractivity contribution in [3.63, 3.8) is 0 Å². The molecule has 1 rings (SSSR count). The maximum Gasteiger partial charge on any atom is 0.213 e. The fourth-order valence-corrected chi connectivity index (χ4v) is 1.28. The lowest BCUT2D eigenvalue weighted by atomic mass is 10.1. The molecule has 0 radical (unpaired) electrons. The lowest BCUT2D eigenvalue weighted by molar-refractivity contribution is -0.116. The molecule has 3 heteroatoms. The van der Waals surface area contributed by atoms with Crippen LogP contribution in [0.4, 0.5) is 0 Å². The predicted molar refractivity (Wildman–Crippen MR) is 54.5 cm³/mol. The van der Waals surface area contributed by atoms with E-state index in [-0.39, 0.29) is 5.78 Å². The Balaban J connectivity index is 2.76. The van der Waals surface area contributed by atoms with Gasteiger partial charge in [0.25, 0.3) is 0 Å². The Labute approximate surface area is 84.1 Å². The standard InChI is InChI=1S/C11H15NO2/c1-8-6-10(5-4-9(2)13)7-11(12-8)14-3/h6-7H,4-5H2,1-3H3. The van der Waals surface area contributed by atoms with E-state index >= 15 is 0 Å². The fourth-order valence-electron chi connectivity index (χ4n) is 1.28. The number of methoxy groups -OCH3 is 1. The molecular formula is C11H15NO2. The highest BCUT2D eigenvalue weighted by Gasteiger charge is 2.01. The molecule has 1 heterocycles. The highest BCUT2D eigenvalue weighted by atomic mass is 16.5. The molecular weight excluding hydrogens is 178 g/mol. The molecule has 0 amide bonds. The van der Waals surface area contributed by atoms with Gasteiger partial charge in [-0.2, -0.15) is 0 Å². The molecule has 0 saturated carbocycles. The van der Waals surface area contributed by atoms with Gasteiger partial charge >= 0.3 is 0 Å². The summed E-state index contributed by atoms with van der Waals surface area (Å²) in [5.74, 6) is 0.821. The molecule has 1 aromatic heterocycles. The molecule has 76 valence electrons. The highest BCUT2D eigenvalue weighted by Crippen LogP contribution is 2.13. The number of ether oxygens (including phenoxy) is 1. The van der Waals surface area contributed by atoms with E-state index in [1.807, 2.05) is 19.1 Å². The number of ketones is 1. The number of pyridine rings is 1. The maximum absolute atomic E-state index is 10.8. The van der Waals surface area contributed by atoms with Gasteiger partial charge in [-0.05, 0) is 31.9 Å². The van der Waals surface area contributed by atoms with Gasteiger partial charge in [0, 0.05) is 18.2 Å². The van der Waals surface area contributed by atoms with Gasteiger partial charge in [-0.3, -0.25) is 0 Å². The smallest absolute Gasteiger partial charge is 0.213 e. The Morgan fingerprint density at radius 1 is 1.50 bits per heavy atom. The first kappa shape index (κ1) is 10.7. The number of carbonyl (C=O) groups is 1. The molecule has 0 spiro atoms. The highest BCUT2D eigenvalue weighted by molar-refractivity contribution is 5.75. The van der Waals surface area contributed by atoms with Gasteiger partial charge in [0.2, 0.25) is 5.88 Å². The van der Waals surface area contributed by atoms with Gasteiger partial charge < -0.3 is 9.53 Å². The first-order chi connectivity index (χ1) is 6.61. The molecule has 0 aliphatic rings. The van der Waals surface area contributed by atoms with E-state index in [2.05, 4.69) is 4.98 Å². The second kappa shape index (κ2) is 4.74. The lowest BCUT2D eigenvalue weighted by Gasteiger charge is -2.04. The third kappa shape index (κ3) is 3.17. The van der Waals surface area contributed by atoms with Crippen molar-refractivity contribution in [1.82, 2.24) is 4.98 Å². The van der Waals surface area contributed by atoms with Crippen molar-refractivity contribution in [3.8, 4) is 5.88 Å². The number of aryl methyl sites for hydroxylation is 2. The number of hydrogen-bond acceptors (Lipinski definition) is 3. The average molecular weight is 193 g/mol. The summed E-state index contributed by atoms with van der Waals surface area (Å²) in [5, 5.41) is 0. The van der Waals surface area contributed by atoms with Crippen molar-refractivity contribution < 1.29 is 9.53 Å². The number of hydrogen-bond donors (Lipinski definition) is 0. The minimum atomic E-state index is 0.207. The van der Waals surface area contributed by atoms with Gasteiger partial charge in [0.15, 0.2) is 0 Å². The van der Waals surface area contributed by atoms with E-state index in [9.17, 15) is 4.79 Å². The Kier molecular flexibility index (Phi) is 3.63. The minimum absolute atomic E-state index is 0.207. The molecule has 0 fully saturated rings. The Morgan fingerprint density at radius 3 is 2.79 bits per heavy atom. The van der Waals surface area contributed by atoms with E-state index < -0.39 is 0 Å². The van der Waals surface area contributed by atoms with Crippen LogP contribution in [0.25, 0.3) is 0 Å². The molecule has 0 N–H and O–H groups in total. The van der Waals surface area contributed by atoms with Crippen molar-refractivity contribution in [2.45, 2.75) is 26.7 Å². The monoisotopic (exact) mass is 193 g/mol. The summed E-state index contributed by atoms with van der Waals surface area (Å²) in [4.78, 5) is 15.0. The second-order valence-electron chi connectivity index (χ2n) is 3.36. The van der Waals surface area contributed by atoms with Crippen LogP contribution in [-0.2, 0) is 11.2 Å². The predicted octanol–water partition coefficient (Wildman–Crippen LogP) is 1.92. The molecule has 0 saturated heterocycles. The first-order valence-corrected chi connectivity index (χ1v) is 4.63. The van der Waals surface area contributed by atoms with Gasteiger partial charge in [0.05, 0.1) is 7.11 Å². The average Bonchev–Trinajstić information content (AvgIpc) is 2.14. The molecule has 0 aliphatic carbocycles. The summed E-state index contributed by atoms with van der Waals surface area (Å²) in [6.07, 6.45) is 1.33. The van der Waals surface area contributed by atoms with Gasteiger partial charge in [0.1, 0.15) is 5.78 Å². The van der Waals surface area contributed by atoms with Crippen molar-refractivity contribution in [3.05, 3.63) is 23.4 Å². The van der Waals surface area contributed by atoms with Crippen LogP contribution < -0.4 is 4.74 Å². The zero-order chi connectivity index (χ0) is 10.6. The molecule has 0 aliphatic heterocycles. The summed E-state index contributed by atoms with van der Waals surface area (Å²) in [7, 11) is 1.59. The molecule has 0 atom stereocenters.